The van der Waals surface area contributed by atoms with Gasteiger partial charge in [0.25, 0.3) is 0 Å². The van der Waals surface area contributed by atoms with Gasteiger partial charge in [0, 0.05) is 5.92 Å². The Labute approximate surface area is 97.3 Å². The average molecular weight is 220 g/mol. The second-order valence-corrected chi connectivity index (χ2v) is 5.37. The van der Waals surface area contributed by atoms with E-state index in [0.29, 0.717) is 5.76 Å². The summed E-state index contributed by atoms with van der Waals surface area (Å²) in [5.74, 6) is 0.628. The summed E-state index contributed by atoms with van der Waals surface area (Å²) in [5, 5.41) is 10.0. The highest BCUT2D eigenvalue weighted by atomic mass is 16.5. The van der Waals surface area contributed by atoms with Gasteiger partial charge >= 0.3 is 0 Å². The van der Waals surface area contributed by atoms with Crippen LogP contribution in [0, 0.1) is 5.92 Å². The Balaban J connectivity index is 2.49. The van der Waals surface area contributed by atoms with Gasteiger partial charge in [-0.3, -0.25) is 0 Å². The third-order valence-electron chi connectivity index (χ3n) is 3.71. The first-order chi connectivity index (χ1) is 7.33. The molecule has 0 radical (unpaired) electrons. The van der Waals surface area contributed by atoms with Crippen molar-refractivity contribution in [2.24, 2.45) is 5.92 Å². The zero-order valence-corrected chi connectivity index (χ0v) is 10.7. The number of hydrogen-bond donors (Lipinski definition) is 1. The molecule has 2 aliphatic rings. The lowest BCUT2D eigenvalue weighted by molar-refractivity contribution is -0.0484. The van der Waals surface area contributed by atoms with Crippen molar-refractivity contribution >= 4 is 0 Å². The van der Waals surface area contributed by atoms with E-state index in [9.17, 15) is 5.11 Å². The van der Waals surface area contributed by atoms with Crippen LogP contribution in [0.1, 0.15) is 34.6 Å². The third kappa shape index (κ3) is 1.61. The largest absolute Gasteiger partial charge is 0.508 e. The maximum absolute atomic E-state index is 10.0. The van der Waals surface area contributed by atoms with Crippen molar-refractivity contribution < 1.29 is 9.84 Å². The lowest BCUT2D eigenvalue weighted by atomic mass is 9.78. The number of rotatable bonds is 0. The number of hydrogen-bond acceptors (Lipinski definition) is 2. The van der Waals surface area contributed by atoms with Gasteiger partial charge in [0.1, 0.15) is 5.76 Å². The van der Waals surface area contributed by atoms with E-state index in [0.717, 1.165) is 16.7 Å². The Hall–Kier alpha value is -1.02. The van der Waals surface area contributed by atoms with Gasteiger partial charge in [-0.1, -0.05) is 12.2 Å². The first kappa shape index (κ1) is 11.5. The van der Waals surface area contributed by atoms with Crippen molar-refractivity contribution in [3.8, 4) is 0 Å². The van der Waals surface area contributed by atoms with E-state index in [-0.39, 0.29) is 17.6 Å². The smallest absolute Gasteiger partial charge is 0.118 e. The Morgan fingerprint density at radius 3 is 2.44 bits per heavy atom. The van der Waals surface area contributed by atoms with Gasteiger partial charge in [0.15, 0.2) is 0 Å². The second kappa shape index (κ2) is 3.49. The standard InChI is InChI=1S/C14H20O2/c1-8-9(2)13-11(10(3)12(8)15)6-7-14(4,5)16-13/h6-7,11,13,15H,1-5H3. The Morgan fingerprint density at radius 2 is 1.81 bits per heavy atom. The van der Waals surface area contributed by atoms with Crippen LogP contribution in [0.25, 0.3) is 0 Å². The van der Waals surface area contributed by atoms with E-state index in [1.165, 1.54) is 0 Å². The monoisotopic (exact) mass is 220 g/mol. The number of aliphatic hydroxyl groups is 1. The fourth-order valence-corrected chi connectivity index (χ4v) is 2.46. The maximum Gasteiger partial charge on any atom is 0.118 e. The molecule has 1 aliphatic heterocycles. The van der Waals surface area contributed by atoms with Crippen LogP contribution in [0.5, 0.6) is 0 Å². The maximum atomic E-state index is 10.0. The van der Waals surface area contributed by atoms with Gasteiger partial charge in [0.2, 0.25) is 0 Å². The molecule has 0 saturated heterocycles. The highest BCUT2D eigenvalue weighted by Crippen LogP contribution is 2.40. The molecule has 0 bridgehead atoms. The van der Waals surface area contributed by atoms with E-state index in [1.807, 2.05) is 20.8 Å². The van der Waals surface area contributed by atoms with Crippen LogP contribution < -0.4 is 0 Å². The summed E-state index contributed by atoms with van der Waals surface area (Å²) in [7, 11) is 0. The fourth-order valence-electron chi connectivity index (χ4n) is 2.46. The molecule has 0 aromatic heterocycles. The molecule has 0 amide bonds. The van der Waals surface area contributed by atoms with Crippen molar-refractivity contribution in [3.63, 3.8) is 0 Å². The summed E-state index contributed by atoms with van der Waals surface area (Å²) in [6.45, 7) is 10.1. The summed E-state index contributed by atoms with van der Waals surface area (Å²) in [6.07, 6.45) is 4.32. The predicted molar refractivity (Wildman–Crippen MR) is 65.3 cm³/mol. The van der Waals surface area contributed by atoms with E-state index in [4.69, 9.17) is 4.74 Å². The van der Waals surface area contributed by atoms with Crippen LogP contribution >= 0.6 is 0 Å². The Kier molecular flexibility index (Phi) is 2.50. The molecule has 1 heterocycles. The molecule has 1 N–H and O–H groups in total. The zero-order valence-electron chi connectivity index (χ0n) is 10.7. The molecule has 0 spiro atoms. The molecule has 0 aromatic carbocycles. The molecule has 1 aliphatic carbocycles. The van der Waals surface area contributed by atoms with Gasteiger partial charge in [-0.2, -0.15) is 0 Å². The number of allylic oxidation sites excluding steroid dienone is 1. The van der Waals surface area contributed by atoms with Crippen LogP contribution in [-0.2, 0) is 4.74 Å². The van der Waals surface area contributed by atoms with E-state index >= 15 is 0 Å². The molecule has 0 fully saturated rings. The summed E-state index contributed by atoms with van der Waals surface area (Å²) in [4.78, 5) is 0. The third-order valence-corrected chi connectivity index (χ3v) is 3.71. The fraction of sp³-hybridized carbons (Fsp3) is 0.571. The minimum atomic E-state index is -0.212. The quantitative estimate of drug-likeness (QED) is 0.633. The molecular weight excluding hydrogens is 200 g/mol. The zero-order chi connectivity index (χ0) is 12.1. The summed E-state index contributed by atoms with van der Waals surface area (Å²) in [5.41, 5.74) is 2.91. The van der Waals surface area contributed by atoms with Gasteiger partial charge in [-0.15, -0.1) is 0 Å². The van der Waals surface area contributed by atoms with E-state index in [1.54, 1.807) is 0 Å². The highest BCUT2D eigenvalue weighted by molar-refractivity contribution is 5.42. The molecule has 2 nitrogen and oxygen atoms in total. The average Bonchev–Trinajstić information content (AvgIpc) is 2.22. The highest BCUT2D eigenvalue weighted by Gasteiger charge is 2.37. The van der Waals surface area contributed by atoms with Crippen LogP contribution in [0.4, 0.5) is 0 Å². The lowest BCUT2D eigenvalue weighted by Crippen LogP contribution is -2.40. The summed E-state index contributed by atoms with van der Waals surface area (Å²) in [6, 6.07) is 0. The van der Waals surface area contributed by atoms with Crippen molar-refractivity contribution in [2.45, 2.75) is 46.3 Å². The normalized spacial score (nSPS) is 33.1. The summed E-state index contributed by atoms with van der Waals surface area (Å²) < 4.78 is 6.09. The molecule has 88 valence electrons. The molecule has 2 atom stereocenters. The van der Waals surface area contributed by atoms with Crippen LogP contribution in [0.15, 0.2) is 34.6 Å². The molecule has 0 aromatic rings. The molecule has 0 saturated carbocycles. The summed E-state index contributed by atoms with van der Waals surface area (Å²) >= 11 is 0. The minimum Gasteiger partial charge on any atom is -0.508 e. The molecule has 2 unspecified atom stereocenters. The van der Waals surface area contributed by atoms with Gasteiger partial charge in [-0.05, 0) is 51.3 Å². The molecule has 2 heteroatoms. The first-order valence-electron chi connectivity index (χ1n) is 5.78. The van der Waals surface area contributed by atoms with E-state index in [2.05, 4.69) is 26.0 Å². The van der Waals surface area contributed by atoms with Crippen molar-refractivity contribution in [2.75, 3.05) is 0 Å². The first-order valence-corrected chi connectivity index (χ1v) is 5.78. The van der Waals surface area contributed by atoms with Crippen LogP contribution in [0.3, 0.4) is 0 Å². The Bertz CT molecular complexity index is 410. The van der Waals surface area contributed by atoms with Crippen molar-refractivity contribution in [1.29, 1.82) is 0 Å². The predicted octanol–water partition coefficient (Wildman–Crippen LogP) is 3.52. The lowest BCUT2D eigenvalue weighted by Gasteiger charge is -2.41. The minimum absolute atomic E-state index is 0.0795. The topological polar surface area (TPSA) is 29.5 Å². The van der Waals surface area contributed by atoms with Crippen LogP contribution in [0.2, 0.25) is 0 Å². The van der Waals surface area contributed by atoms with Crippen molar-refractivity contribution in [3.05, 3.63) is 34.6 Å². The van der Waals surface area contributed by atoms with E-state index < -0.39 is 0 Å². The number of aliphatic hydroxyl groups excluding tert-OH is 1. The SMILES string of the molecule is CC1=C(C)C2OC(C)(C)C=CC2C(C)=C1O. The molecular formula is C14H20O2. The van der Waals surface area contributed by atoms with Crippen molar-refractivity contribution in [1.82, 2.24) is 0 Å². The van der Waals surface area contributed by atoms with Gasteiger partial charge in [0.05, 0.1) is 11.7 Å². The van der Waals surface area contributed by atoms with Gasteiger partial charge < -0.3 is 9.84 Å². The Morgan fingerprint density at radius 1 is 1.19 bits per heavy atom. The molecule has 2 rings (SSSR count). The number of ether oxygens (including phenoxy) is 1. The van der Waals surface area contributed by atoms with Crippen LogP contribution in [-0.4, -0.2) is 16.8 Å². The number of fused-ring (bicyclic) bond motifs is 1. The second-order valence-electron chi connectivity index (χ2n) is 5.37. The van der Waals surface area contributed by atoms with Gasteiger partial charge in [-0.25, -0.2) is 0 Å². The molecule has 16 heavy (non-hydrogen) atoms.